The number of oxazole rings is 2. The highest BCUT2D eigenvalue weighted by Crippen LogP contribution is 2.38. The van der Waals surface area contributed by atoms with E-state index in [0.717, 1.165) is 11.8 Å². The molecule has 0 radical (unpaired) electrons. The van der Waals surface area contributed by atoms with Crippen LogP contribution in [0.3, 0.4) is 0 Å². The van der Waals surface area contributed by atoms with Gasteiger partial charge in [0, 0.05) is 20.6 Å². The van der Waals surface area contributed by atoms with Crippen molar-refractivity contribution in [3.05, 3.63) is 30.5 Å². The van der Waals surface area contributed by atoms with Gasteiger partial charge in [-0.2, -0.15) is 0 Å². The maximum absolute atomic E-state index is 6.23. The molecule has 7 heteroatoms. The van der Waals surface area contributed by atoms with E-state index >= 15 is 0 Å². The summed E-state index contributed by atoms with van der Waals surface area (Å²) in [5.41, 5.74) is 1.26. The van der Waals surface area contributed by atoms with E-state index in [1.165, 1.54) is 0 Å². The topological polar surface area (TPSA) is 70.5 Å². The van der Waals surface area contributed by atoms with Gasteiger partial charge in [0.15, 0.2) is 11.6 Å². The Balaban J connectivity index is 2.53. The van der Waals surface area contributed by atoms with E-state index < -0.39 is 14.4 Å². The van der Waals surface area contributed by atoms with Crippen molar-refractivity contribution in [3.8, 4) is 11.6 Å². The summed E-state index contributed by atoms with van der Waals surface area (Å²) in [7, 11) is 1.15. The fraction of sp³-hybridized carbons (Fsp3) is 0.579. The summed E-state index contributed by atoms with van der Waals surface area (Å²) in [5.74, 6) is 1.13. The van der Waals surface area contributed by atoms with Crippen LogP contribution in [0.1, 0.15) is 45.1 Å². The van der Waals surface area contributed by atoms with Crippen molar-refractivity contribution in [2.45, 2.75) is 58.0 Å². The zero-order chi connectivity index (χ0) is 19.5. The van der Waals surface area contributed by atoms with Crippen molar-refractivity contribution in [3.63, 3.8) is 0 Å². The van der Waals surface area contributed by atoms with E-state index in [-0.39, 0.29) is 5.04 Å². The highest BCUT2D eigenvalue weighted by atomic mass is 28.3. The summed E-state index contributed by atoms with van der Waals surface area (Å²) in [5, 5.41) is 0.998. The molecule has 0 unspecified atom stereocenters. The summed E-state index contributed by atoms with van der Waals surface area (Å²) in [6.07, 6.45) is 4.35. The Morgan fingerprint density at radius 2 is 1.88 bits per heavy atom. The van der Waals surface area contributed by atoms with Crippen LogP contribution in [0.25, 0.3) is 11.6 Å². The molecule has 0 bridgehead atoms. The lowest BCUT2D eigenvalue weighted by Gasteiger charge is -2.34. The molecule has 0 N–H and O–H groups in total. The van der Waals surface area contributed by atoms with E-state index in [0.29, 0.717) is 29.6 Å². The molecular formula is C19H30N2O4Si. The zero-order valence-electron chi connectivity index (χ0n) is 16.9. The largest absolute Gasteiger partial charge is 0.450 e. The Labute approximate surface area is 156 Å². The Morgan fingerprint density at radius 3 is 2.42 bits per heavy atom. The van der Waals surface area contributed by atoms with Crippen molar-refractivity contribution in [2.24, 2.45) is 0 Å². The molecule has 2 heterocycles. The van der Waals surface area contributed by atoms with Crippen molar-refractivity contribution in [1.82, 2.24) is 9.97 Å². The number of aromatic nitrogens is 2. The maximum atomic E-state index is 6.23. The number of methoxy groups -OCH3 is 2. The number of ether oxygens (including phenoxy) is 2. The lowest BCUT2D eigenvalue weighted by molar-refractivity contribution is -0.108. The van der Waals surface area contributed by atoms with Crippen LogP contribution in [0.5, 0.6) is 0 Å². The average Bonchev–Trinajstić information content (AvgIpc) is 3.20. The summed E-state index contributed by atoms with van der Waals surface area (Å²) >= 11 is 0. The molecule has 0 saturated carbocycles. The Hall–Kier alpha value is -1.70. The molecule has 0 aromatic carbocycles. The minimum absolute atomic E-state index is 0.0913. The van der Waals surface area contributed by atoms with Crippen LogP contribution in [0.4, 0.5) is 0 Å². The minimum atomic E-state index is -1.98. The second-order valence-corrected chi connectivity index (χ2v) is 13.1. The lowest BCUT2D eigenvalue weighted by atomic mass is 10.2. The monoisotopic (exact) mass is 378 g/mol. The van der Waals surface area contributed by atoms with Crippen LogP contribution < -0.4 is 5.38 Å². The van der Waals surface area contributed by atoms with Crippen molar-refractivity contribution in [2.75, 3.05) is 14.2 Å². The standard InChI is InChI=1S/C19H30N2O4Si/c1-9-10-11-14-21-15(18(25-14)26(7,8)19(2,3)4)16-20-13(12-24-16)17(22-5)23-6/h9,12,17H,1,10-11H2,2-8H3. The van der Waals surface area contributed by atoms with Crippen LogP contribution in [0.15, 0.2) is 27.8 Å². The molecule has 0 spiro atoms. The molecule has 0 aliphatic rings. The summed E-state index contributed by atoms with van der Waals surface area (Å²) < 4.78 is 22.4. The highest BCUT2D eigenvalue weighted by Gasteiger charge is 2.43. The number of hydrogen-bond donors (Lipinski definition) is 0. The minimum Gasteiger partial charge on any atom is -0.450 e. The summed E-state index contributed by atoms with van der Waals surface area (Å²) in [4.78, 5) is 9.24. The van der Waals surface area contributed by atoms with Crippen LogP contribution in [0.2, 0.25) is 18.1 Å². The summed E-state index contributed by atoms with van der Waals surface area (Å²) in [6, 6.07) is 0. The molecule has 26 heavy (non-hydrogen) atoms. The van der Waals surface area contributed by atoms with Crippen molar-refractivity contribution >= 4 is 13.5 Å². The van der Waals surface area contributed by atoms with E-state index in [4.69, 9.17) is 23.3 Å². The molecule has 2 aromatic rings. The molecule has 0 aliphatic carbocycles. The predicted molar refractivity (Wildman–Crippen MR) is 104 cm³/mol. The second-order valence-electron chi connectivity index (χ2n) is 7.87. The van der Waals surface area contributed by atoms with E-state index in [2.05, 4.69) is 45.4 Å². The van der Waals surface area contributed by atoms with Crippen LogP contribution in [-0.2, 0) is 15.9 Å². The van der Waals surface area contributed by atoms with Gasteiger partial charge >= 0.3 is 0 Å². The second kappa shape index (κ2) is 7.90. The number of hydrogen-bond acceptors (Lipinski definition) is 6. The molecule has 0 saturated heterocycles. The van der Waals surface area contributed by atoms with Gasteiger partial charge in [-0.15, -0.1) is 6.58 Å². The molecule has 0 fully saturated rings. The predicted octanol–water partition coefficient (Wildman–Crippen LogP) is 4.46. The van der Waals surface area contributed by atoms with Crippen molar-refractivity contribution < 1.29 is 18.3 Å². The van der Waals surface area contributed by atoms with Gasteiger partial charge in [0.2, 0.25) is 12.2 Å². The fourth-order valence-electron chi connectivity index (χ4n) is 2.45. The average molecular weight is 379 g/mol. The van der Waals surface area contributed by atoms with E-state index in [1.807, 2.05) is 6.08 Å². The van der Waals surface area contributed by atoms with Crippen LogP contribution >= 0.6 is 0 Å². The quantitative estimate of drug-likeness (QED) is 0.384. The first-order valence-electron chi connectivity index (χ1n) is 8.78. The fourth-order valence-corrected chi connectivity index (χ4v) is 4.26. The van der Waals surface area contributed by atoms with E-state index in [9.17, 15) is 0 Å². The number of allylic oxidation sites excluding steroid dienone is 1. The van der Waals surface area contributed by atoms with Gasteiger partial charge in [0.1, 0.15) is 25.4 Å². The first-order chi connectivity index (χ1) is 12.2. The van der Waals surface area contributed by atoms with Gasteiger partial charge < -0.3 is 18.3 Å². The third kappa shape index (κ3) is 4.00. The van der Waals surface area contributed by atoms with Gasteiger partial charge in [-0.05, 0) is 11.5 Å². The van der Waals surface area contributed by atoms with Gasteiger partial charge in [0.05, 0.1) is 0 Å². The van der Waals surface area contributed by atoms with E-state index in [1.54, 1.807) is 20.5 Å². The molecule has 0 aliphatic heterocycles. The first kappa shape index (κ1) is 20.6. The highest BCUT2D eigenvalue weighted by molar-refractivity contribution is 6.92. The molecule has 144 valence electrons. The molecule has 2 aromatic heterocycles. The molecule has 0 atom stereocenters. The maximum Gasteiger partial charge on any atom is 0.248 e. The molecule has 0 amide bonds. The zero-order valence-corrected chi connectivity index (χ0v) is 17.9. The summed E-state index contributed by atoms with van der Waals surface area (Å²) in [6.45, 7) is 15.1. The Morgan fingerprint density at radius 1 is 1.23 bits per heavy atom. The number of nitrogens with zero attached hydrogens (tertiary/aromatic N) is 2. The van der Waals surface area contributed by atoms with Gasteiger partial charge in [0.25, 0.3) is 0 Å². The van der Waals surface area contributed by atoms with Crippen molar-refractivity contribution in [1.29, 1.82) is 0 Å². The Bertz CT molecular complexity index is 739. The van der Waals surface area contributed by atoms with Gasteiger partial charge in [-0.1, -0.05) is 39.9 Å². The Kier molecular flexibility index (Phi) is 6.26. The smallest absolute Gasteiger partial charge is 0.248 e. The van der Waals surface area contributed by atoms with Crippen LogP contribution in [0, 0.1) is 0 Å². The molecule has 6 nitrogen and oxygen atoms in total. The third-order valence-corrected chi connectivity index (χ3v) is 10.3. The van der Waals surface area contributed by atoms with Gasteiger partial charge in [-0.3, -0.25) is 0 Å². The lowest BCUT2D eigenvalue weighted by Crippen LogP contribution is -2.49. The third-order valence-electron chi connectivity index (χ3n) is 5.07. The van der Waals surface area contributed by atoms with Gasteiger partial charge in [-0.25, -0.2) is 9.97 Å². The molecule has 2 rings (SSSR count). The number of aryl methyl sites for hydroxylation is 1. The normalized spacial score (nSPS) is 12.8. The SMILES string of the molecule is C=CCCc1nc(-c2nc(C(OC)OC)co2)c([Si](C)(C)C(C)(C)C)o1. The van der Waals surface area contributed by atoms with Crippen LogP contribution in [-0.4, -0.2) is 32.3 Å². The molecular weight excluding hydrogens is 348 g/mol. The first-order valence-corrected chi connectivity index (χ1v) is 11.8. The number of rotatable bonds is 8.